The van der Waals surface area contributed by atoms with Crippen molar-refractivity contribution >= 4 is 11.4 Å². The fourth-order valence-corrected chi connectivity index (χ4v) is 2.13. The van der Waals surface area contributed by atoms with Gasteiger partial charge in [-0.1, -0.05) is 36.4 Å². The van der Waals surface area contributed by atoms with Gasteiger partial charge in [0.1, 0.15) is 0 Å². The van der Waals surface area contributed by atoms with Gasteiger partial charge in [-0.3, -0.25) is 4.42 Å². The highest BCUT2D eigenvalue weighted by molar-refractivity contribution is 6.03. The van der Waals surface area contributed by atoms with E-state index in [1.165, 1.54) is 22.3 Å². The summed E-state index contributed by atoms with van der Waals surface area (Å²) in [6.07, 6.45) is 10.4. The van der Waals surface area contributed by atoms with Gasteiger partial charge in [-0.2, -0.15) is 0 Å². The number of hydrogen-bond donors (Lipinski definition) is 0. The molecule has 19 heavy (non-hydrogen) atoms. The molecule has 1 aromatic rings. The predicted molar refractivity (Wildman–Crippen MR) is 82.0 cm³/mol. The maximum atomic E-state index is 5.22. The van der Waals surface area contributed by atoms with Crippen LogP contribution in [-0.4, -0.2) is 12.9 Å². The minimum absolute atomic E-state index is 0.884. The third kappa shape index (κ3) is 3.00. The van der Waals surface area contributed by atoms with Crippen LogP contribution in [0.15, 0.2) is 71.9 Å². The Kier molecular flexibility index (Phi) is 4.30. The van der Waals surface area contributed by atoms with E-state index in [0.29, 0.717) is 0 Å². The van der Waals surface area contributed by atoms with Crippen molar-refractivity contribution < 1.29 is 4.42 Å². The lowest BCUT2D eigenvalue weighted by Gasteiger charge is -2.12. The van der Waals surface area contributed by atoms with Crippen molar-refractivity contribution in [3.05, 3.63) is 77.4 Å². The maximum Gasteiger partial charge on any atom is 0.343 e. The fourth-order valence-electron chi connectivity index (χ4n) is 2.13. The Balaban J connectivity index is 2.55. The molecule has 1 heteroatoms. The lowest BCUT2D eigenvalue weighted by atomic mass is 9.91. The van der Waals surface area contributed by atoms with Crippen LogP contribution in [0, 0.1) is 0 Å². The highest BCUT2D eigenvalue weighted by Gasteiger charge is 2.12. The van der Waals surface area contributed by atoms with Gasteiger partial charge in [0.05, 0.1) is 0 Å². The van der Waals surface area contributed by atoms with E-state index in [-0.39, 0.29) is 0 Å². The van der Waals surface area contributed by atoms with E-state index < -0.39 is 0 Å². The third-order valence-electron chi connectivity index (χ3n) is 3.27. The van der Waals surface area contributed by atoms with Gasteiger partial charge in [0.25, 0.3) is 7.11 Å². The molecule has 0 spiro atoms. The highest BCUT2D eigenvalue weighted by atomic mass is 16.4. The van der Waals surface area contributed by atoms with Crippen LogP contribution in [0.1, 0.15) is 19.4 Å². The van der Waals surface area contributed by atoms with E-state index in [1.807, 2.05) is 18.2 Å². The molecule has 0 heterocycles. The zero-order valence-electron chi connectivity index (χ0n) is 11.7. The number of carbonyl (C=O) groups excluding carboxylic acids is 1. The first kappa shape index (κ1) is 13.3. The van der Waals surface area contributed by atoms with Crippen LogP contribution in [-0.2, 0) is 4.42 Å². The molecule has 1 aromatic carbocycles. The van der Waals surface area contributed by atoms with Crippen LogP contribution in [0.4, 0.5) is 0 Å². The smallest absolute Gasteiger partial charge is 0.258 e. The van der Waals surface area contributed by atoms with Gasteiger partial charge in [-0.05, 0) is 48.3 Å². The first-order valence-corrected chi connectivity index (χ1v) is 6.46. The summed E-state index contributed by atoms with van der Waals surface area (Å²) in [5, 5.41) is 0. The summed E-state index contributed by atoms with van der Waals surface area (Å²) in [6.45, 7) is 4.22. The molecule has 2 rings (SSSR count). The average molecular weight is 251 g/mol. The highest BCUT2D eigenvalue weighted by Crippen LogP contribution is 2.28. The van der Waals surface area contributed by atoms with Crippen LogP contribution >= 0.6 is 0 Å². The summed E-state index contributed by atoms with van der Waals surface area (Å²) in [5.74, 6) is 0.884. The molecule has 0 atom stereocenters. The summed E-state index contributed by atoms with van der Waals surface area (Å²) in [5.41, 5.74) is 4.99. The molecule has 0 fully saturated rings. The minimum atomic E-state index is 0.884. The van der Waals surface area contributed by atoms with Crippen molar-refractivity contribution in [2.45, 2.75) is 13.8 Å². The quantitative estimate of drug-likeness (QED) is 0.696. The van der Waals surface area contributed by atoms with Crippen molar-refractivity contribution in [1.29, 1.82) is 0 Å². The predicted octanol–water partition coefficient (Wildman–Crippen LogP) is 4.27. The summed E-state index contributed by atoms with van der Waals surface area (Å²) < 4.78 is 5.22. The largest absolute Gasteiger partial charge is 0.343 e. The summed E-state index contributed by atoms with van der Waals surface area (Å²) >= 11 is 0. The second-order valence-electron chi connectivity index (χ2n) is 4.44. The molecule has 0 radical (unpaired) electrons. The molecular formula is C18H19O+. The molecular weight excluding hydrogens is 232 g/mol. The van der Waals surface area contributed by atoms with Gasteiger partial charge >= 0.3 is 5.78 Å². The number of rotatable bonds is 2. The number of ketones is 1. The maximum absolute atomic E-state index is 5.22. The van der Waals surface area contributed by atoms with Gasteiger partial charge in [0, 0.05) is 12.2 Å². The number of allylic oxidation sites excluding steroid dienone is 8. The van der Waals surface area contributed by atoms with Crippen LogP contribution < -0.4 is 0 Å². The van der Waals surface area contributed by atoms with E-state index >= 15 is 0 Å². The lowest BCUT2D eigenvalue weighted by molar-refractivity contribution is -0.417. The number of hydrogen-bond acceptors (Lipinski definition) is 0. The molecule has 0 bridgehead atoms. The molecule has 96 valence electrons. The Labute approximate surface area is 115 Å². The van der Waals surface area contributed by atoms with E-state index in [2.05, 4.69) is 56.3 Å². The standard InChI is InChI=1S/C18H19O/c1-4-14(2)18(15-8-6-5-7-9-15)16-10-12-17(19-3)13-11-16/h4-13H,1-3H3/q+1/b14-4+. The second kappa shape index (κ2) is 6.14. The van der Waals surface area contributed by atoms with Gasteiger partial charge < -0.3 is 0 Å². The third-order valence-corrected chi connectivity index (χ3v) is 3.27. The van der Waals surface area contributed by atoms with Crippen molar-refractivity contribution in [2.24, 2.45) is 0 Å². The van der Waals surface area contributed by atoms with Crippen LogP contribution in [0.5, 0.6) is 0 Å². The summed E-state index contributed by atoms with van der Waals surface area (Å²) in [7, 11) is 1.69. The van der Waals surface area contributed by atoms with Crippen molar-refractivity contribution in [3.8, 4) is 0 Å². The van der Waals surface area contributed by atoms with E-state index in [9.17, 15) is 0 Å². The molecule has 0 aliphatic heterocycles. The zero-order valence-corrected chi connectivity index (χ0v) is 11.7. The van der Waals surface area contributed by atoms with Gasteiger partial charge in [0.2, 0.25) is 0 Å². The lowest BCUT2D eigenvalue weighted by Crippen LogP contribution is -1.98. The van der Waals surface area contributed by atoms with Crippen molar-refractivity contribution in [1.82, 2.24) is 0 Å². The topological polar surface area (TPSA) is 11.3 Å². The zero-order chi connectivity index (χ0) is 13.7. The van der Waals surface area contributed by atoms with E-state index in [4.69, 9.17) is 4.42 Å². The molecule has 1 aliphatic rings. The van der Waals surface area contributed by atoms with Crippen molar-refractivity contribution in [3.63, 3.8) is 0 Å². The Hall–Kier alpha value is -2.15. The monoisotopic (exact) mass is 251 g/mol. The summed E-state index contributed by atoms with van der Waals surface area (Å²) in [4.78, 5) is 0. The first-order chi connectivity index (χ1) is 9.26. The molecule has 0 unspecified atom stereocenters. The minimum Gasteiger partial charge on any atom is -0.258 e. The van der Waals surface area contributed by atoms with Gasteiger partial charge in [-0.15, -0.1) is 0 Å². The molecule has 0 N–H and O–H groups in total. The second-order valence-corrected chi connectivity index (χ2v) is 4.44. The Bertz CT molecular complexity index is 578. The van der Waals surface area contributed by atoms with Crippen LogP contribution in [0.2, 0.25) is 0 Å². The van der Waals surface area contributed by atoms with Gasteiger partial charge in [-0.25, -0.2) is 0 Å². The normalized spacial score (nSPS) is 14.8. The molecule has 0 aromatic heterocycles. The van der Waals surface area contributed by atoms with Crippen LogP contribution in [0.25, 0.3) is 5.57 Å². The molecule has 0 amide bonds. The molecule has 1 aliphatic carbocycles. The van der Waals surface area contributed by atoms with E-state index in [1.54, 1.807) is 7.11 Å². The molecule has 0 saturated carbocycles. The summed E-state index contributed by atoms with van der Waals surface area (Å²) in [6, 6.07) is 10.5. The Morgan fingerprint density at radius 2 is 1.63 bits per heavy atom. The first-order valence-electron chi connectivity index (χ1n) is 6.46. The Morgan fingerprint density at radius 3 is 2.16 bits per heavy atom. The van der Waals surface area contributed by atoms with E-state index in [0.717, 1.165) is 5.78 Å². The molecule has 0 saturated heterocycles. The number of benzene rings is 1. The van der Waals surface area contributed by atoms with Crippen LogP contribution in [0.3, 0.4) is 0 Å². The fraction of sp³-hybridized carbons (Fsp3) is 0.167. The van der Waals surface area contributed by atoms with Gasteiger partial charge in [0.15, 0.2) is 0 Å². The average Bonchev–Trinajstić information content (AvgIpc) is 2.49. The Morgan fingerprint density at radius 1 is 1.00 bits per heavy atom. The van der Waals surface area contributed by atoms with Crippen molar-refractivity contribution in [2.75, 3.05) is 7.11 Å². The SMILES string of the molecule is C/C=C(\C)C(=C1C=CC(=[O+]C)C=C1)c1ccccc1. The molecule has 1 nitrogen and oxygen atoms in total.